The number of rotatable bonds is 5. The molecule has 2 fully saturated rings. The predicted molar refractivity (Wildman–Crippen MR) is 90.6 cm³/mol. The first kappa shape index (κ1) is 16.2. The Morgan fingerprint density at radius 1 is 1.45 bits per heavy atom. The van der Waals surface area contributed by atoms with Gasteiger partial charge in [0.05, 0.1) is 6.54 Å². The van der Waals surface area contributed by atoms with Crippen LogP contribution in [0.1, 0.15) is 52.9 Å². The molecule has 1 spiro atoms. The third-order valence-corrected chi connectivity index (χ3v) is 6.34. The largest absolute Gasteiger partial charge is 0.359 e. The molecule has 1 heterocycles. The van der Waals surface area contributed by atoms with E-state index >= 15 is 0 Å². The first-order valence-corrected chi connectivity index (χ1v) is 9.19. The highest BCUT2D eigenvalue weighted by atomic mass is 32.2. The maximum absolute atomic E-state index is 4.78. The fraction of sp³-hybridized carbons (Fsp3) is 0.938. The third-order valence-electron chi connectivity index (χ3n) is 5.14. The summed E-state index contributed by atoms with van der Waals surface area (Å²) in [6.45, 7) is 8.89. The summed E-state index contributed by atoms with van der Waals surface area (Å²) in [5, 5.41) is 4.93. The lowest BCUT2D eigenvalue weighted by Gasteiger charge is -2.35. The van der Waals surface area contributed by atoms with E-state index in [1.165, 1.54) is 43.0 Å². The standard InChI is InChI=1S/C16H31N3S/c1-5-14(3)19(4)11-10-17-15-18-16(12-20-15)8-6-13(2)7-9-16/h13-14H,5-12H2,1-4H3,(H,17,18). The van der Waals surface area contributed by atoms with Crippen molar-refractivity contribution in [3.05, 3.63) is 0 Å². The van der Waals surface area contributed by atoms with Crippen molar-refractivity contribution in [3.8, 4) is 0 Å². The van der Waals surface area contributed by atoms with Gasteiger partial charge in [-0.25, -0.2) is 0 Å². The minimum atomic E-state index is 0.374. The molecule has 0 amide bonds. The fourth-order valence-electron chi connectivity index (χ4n) is 3.02. The SMILES string of the molecule is CCC(C)N(C)CCN=C1NC2(CCC(C)CC2)CS1. The minimum absolute atomic E-state index is 0.374. The first-order valence-electron chi connectivity index (χ1n) is 8.20. The Balaban J connectivity index is 1.76. The van der Waals surface area contributed by atoms with Crippen LogP contribution in [0, 0.1) is 5.92 Å². The van der Waals surface area contributed by atoms with E-state index in [2.05, 4.69) is 38.0 Å². The van der Waals surface area contributed by atoms with E-state index in [1.807, 2.05) is 11.8 Å². The van der Waals surface area contributed by atoms with Gasteiger partial charge in [-0.2, -0.15) is 0 Å². The topological polar surface area (TPSA) is 27.6 Å². The minimum Gasteiger partial charge on any atom is -0.359 e. The number of nitrogens with one attached hydrogen (secondary N) is 1. The monoisotopic (exact) mass is 297 g/mol. The molecule has 1 aliphatic heterocycles. The third kappa shape index (κ3) is 4.14. The number of likely N-dealkylation sites (N-methyl/N-ethyl adjacent to an activating group) is 1. The molecule has 4 heteroatoms. The quantitative estimate of drug-likeness (QED) is 0.843. The molecule has 3 nitrogen and oxygen atoms in total. The van der Waals surface area contributed by atoms with Crippen LogP contribution in [0.15, 0.2) is 4.99 Å². The Bertz CT molecular complexity index is 335. The average Bonchev–Trinajstić information content (AvgIpc) is 2.85. The molecular weight excluding hydrogens is 266 g/mol. The molecule has 1 aliphatic carbocycles. The van der Waals surface area contributed by atoms with Crippen LogP contribution in [-0.4, -0.2) is 47.5 Å². The molecule has 1 atom stereocenters. The summed E-state index contributed by atoms with van der Waals surface area (Å²) in [5.74, 6) is 2.14. The molecule has 2 rings (SSSR count). The first-order chi connectivity index (χ1) is 9.54. The van der Waals surface area contributed by atoms with Gasteiger partial charge in [0.25, 0.3) is 0 Å². The fourth-order valence-corrected chi connectivity index (χ4v) is 4.26. The summed E-state index contributed by atoms with van der Waals surface area (Å²) < 4.78 is 0. The van der Waals surface area contributed by atoms with E-state index in [4.69, 9.17) is 4.99 Å². The van der Waals surface area contributed by atoms with E-state index in [-0.39, 0.29) is 0 Å². The zero-order chi connectivity index (χ0) is 14.6. The van der Waals surface area contributed by atoms with Crippen molar-refractivity contribution in [2.45, 2.75) is 64.5 Å². The van der Waals surface area contributed by atoms with Gasteiger partial charge in [-0.1, -0.05) is 25.6 Å². The molecule has 1 saturated heterocycles. The van der Waals surface area contributed by atoms with Gasteiger partial charge >= 0.3 is 0 Å². The molecule has 1 unspecified atom stereocenters. The molecule has 0 radical (unpaired) electrons. The zero-order valence-electron chi connectivity index (χ0n) is 13.6. The molecule has 0 aromatic rings. The maximum atomic E-state index is 4.78. The van der Waals surface area contributed by atoms with E-state index in [0.717, 1.165) is 19.0 Å². The highest BCUT2D eigenvalue weighted by Gasteiger charge is 2.39. The van der Waals surface area contributed by atoms with Gasteiger partial charge in [-0.15, -0.1) is 0 Å². The Morgan fingerprint density at radius 3 is 2.80 bits per heavy atom. The Kier molecular flexibility index (Phi) is 5.79. The second kappa shape index (κ2) is 7.17. The summed E-state index contributed by atoms with van der Waals surface area (Å²) in [7, 11) is 2.20. The van der Waals surface area contributed by atoms with Crippen LogP contribution in [0.4, 0.5) is 0 Å². The van der Waals surface area contributed by atoms with Crippen molar-refractivity contribution in [3.63, 3.8) is 0 Å². The molecule has 0 bridgehead atoms. The lowest BCUT2D eigenvalue weighted by Crippen LogP contribution is -2.46. The van der Waals surface area contributed by atoms with Gasteiger partial charge in [-0.3, -0.25) is 4.99 Å². The van der Waals surface area contributed by atoms with Crippen molar-refractivity contribution in [2.24, 2.45) is 10.9 Å². The Labute approximate surface area is 129 Å². The number of thioether (sulfide) groups is 1. The van der Waals surface area contributed by atoms with Gasteiger partial charge in [0.1, 0.15) is 0 Å². The second-order valence-corrected chi connectivity index (χ2v) is 7.77. The van der Waals surface area contributed by atoms with Gasteiger partial charge in [0.2, 0.25) is 0 Å². The molecule has 0 aromatic carbocycles. The average molecular weight is 298 g/mol. The normalized spacial score (nSPS) is 33.9. The van der Waals surface area contributed by atoms with Crippen molar-refractivity contribution < 1.29 is 0 Å². The van der Waals surface area contributed by atoms with Crippen LogP contribution in [-0.2, 0) is 0 Å². The van der Waals surface area contributed by atoms with Gasteiger partial charge in [0.15, 0.2) is 5.17 Å². The molecule has 2 aliphatic rings. The second-order valence-electron chi connectivity index (χ2n) is 6.80. The van der Waals surface area contributed by atoms with Crippen molar-refractivity contribution >= 4 is 16.9 Å². The van der Waals surface area contributed by atoms with Crippen LogP contribution in [0.3, 0.4) is 0 Å². The summed E-state index contributed by atoms with van der Waals surface area (Å²) in [6.07, 6.45) is 6.61. The number of aliphatic imine (C=N–C) groups is 1. The zero-order valence-corrected chi connectivity index (χ0v) is 14.4. The van der Waals surface area contributed by atoms with Crippen LogP contribution in [0.25, 0.3) is 0 Å². The number of hydrogen-bond donors (Lipinski definition) is 1. The van der Waals surface area contributed by atoms with Gasteiger partial charge in [0, 0.05) is 23.9 Å². The Morgan fingerprint density at radius 2 is 2.15 bits per heavy atom. The van der Waals surface area contributed by atoms with Gasteiger partial charge in [-0.05, 0) is 52.0 Å². The molecule has 0 aromatic heterocycles. The lowest BCUT2D eigenvalue weighted by atomic mass is 9.78. The molecular formula is C16H31N3S. The van der Waals surface area contributed by atoms with E-state index in [9.17, 15) is 0 Å². The summed E-state index contributed by atoms with van der Waals surface area (Å²) >= 11 is 1.94. The molecule has 20 heavy (non-hydrogen) atoms. The number of amidine groups is 1. The van der Waals surface area contributed by atoms with Crippen molar-refractivity contribution in [2.75, 3.05) is 25.9 Å². The highest BCUT2D eigenvalue weighted by Crippen LogP contribution is 2.38. The molecule has 116 valence electrons. The summed E-state index contributed by atoms with van der Waals surface area (Å²) in [6, 6.07) is 0.658. The Hall–Kier alpha value is -0.220. The predicted octanol–water partition coefficient (Wildman–Crippen LogP) is 3.36. The number of hydrogen-bond acceptors (Lipinski definition) is 3. The van der Waals surface area contributed by atoms with E-state index in [1.54, 1.807) is 0 Å². The van der Waals surface area contributed by atoms with Crippen LogP contribution < -0.4 is 5.32 Å². The van der Waals surface area contributed by atoms with Crippen LogP contribution in [0.5, 0.6) is 0 Å². The van der Waals surface area contributed by atoms with Crippen molar-refractivity contribution in [1.29, 1.82) is 0 Å². The molecule has 1 saturated carbocycles. The summed E-state index contributed by atoms with van der Waals surface area (Å²) in [4.78, 5) is 7.18. The summed E-state index contributed by atoms with van der Waals surface area (Å²) in [5.41, 5.74) is 0.374. The van der Waals surface area contributed by atoms with Gasteiger partial charge < -0.3 is 10.2 Å². The van der Waals surface area contributed by atoms with E-state index < -0.39 is 0 Å². The van der Waals surface area contributed by atoms with Crippen LogP contribution >= 0.6 is 11.8 Å². The lowest BCUT2D eigenvalue weighted by molar-refractivity contribution is 0.250. The highest BCUT2D eigenvalue weighted by molar-refractivity contribution is 8.14. The van der Waals surface area contributed by atoms with Crippen LogP contribution in [0.2, 0.25) is 0 Å². The van der Waals surface area contributed by atoms with E-state index in [0.29, 0.717) is 11.6 Å². The number of nitrogens with zero attached hydrogens (tertiary/aromatic N) is 2. The smallest absolute Gasteiger partial charge is 0.157 e. The molecule has 1 N–H and O–H groups in total. The maximum Gasteiger partial charge on any atom is 0.157 e. The van der Waals surface area contributed by atoms with Crippen molar-refractivity contribution in [1.82, 2.24) is 10.2 Å².